The number of nitrogens with zero attached hydrogens (tertiary/aromatic N) is 2. The topological polar surface area (TPSA) is 136 Å². The lowest BCUT2D eigenvalue weighted by molar-refractivity contribution is 0.299. The van der Waals surface area contributed by atoms with Crippen molar-refractivity contribution in [1.29, 1.82) is 0 Å². The molecule has 8 N–H and O–H groups in total. The number of phenolic OH excluding ortho intramolecular Hbond substituents is 2. The Hall–Kier alpha value is -3.64. The summed E-state index contributed by atoms with van der Waals surface area (Å²) in [6.45, 7) is -0.0553. The third-order valence-electron chi connectivity index (χ3n) is 7.50. The fourth-order valence-corrected chi connectivity index (χ4v) is 5.50. The number of hydrazine groups is 4. The lowest BCUT2D eigenvalue weighted by Gasteiger charge is -2.24. The molecule has 204 valence electrons. The molecule has 0 aromatic heterocycles. The molecule has 4 aliphatic rings. The minimum atomic E-state index is -0.0276. The molecule has 2 saturated heterocycles. The van der Waals surface area contributed by atoms with Crippen LogP contribution in [0.3, 0.4) is 0 Å². The van der Waals surface area contributed by atoms with Crippen molar-refractivity contribution >= 4 is 11.4 Å². The Morgan fingerprint density at radius 3 is 1.26 bits per heavy atom. The molecule has 10 nitrogen and oxygen atoms in total. The van der Waals surface area contributed by atoms with E-state index in [0.717, 1.165) is 11.1 Å². The van der Waals surface area contributed by atoms with Crippen LogP contribution in [0.5, 0.6) is 11.5 Å². The maximum atomic E-state index is 11.4. The van der Waals surface area contributed by atoms with E-state index in [4.69, 9.17) is 0 Å². The average Bonchev–Trinajstić information content (AvgIpc) is 3.56. The Labute approximate surface area is 227 Å². The molecular formula is C29H34N6O4. The molecule has 2 aromatic rings. The van der Waals surface area contributed by atoms with Crippen LogP contribution in [0.4, 0.5) is 11.4 Å². The zero-order chi connectivity index (χ0) is 26.9. The van der Waals surface area contributed by atoms with E-state index in [9.17, 15) is 20.4 Å². The number of hydrogen-bond acceptors (Lipinski definition) is 10. The molecule has 0 spiro atoms. The first-order valence-corrected chi connectivity index (χ1v) is 13.3. The van der Waals surface area contributed by atoms with Crippen LogP contribution in [0.25, 0.3) is 0 Å². The quantitative estimate of drug-likeness (QED) is 0.251. The highest BCUT2D eigenvalue weighted by molar-refractivity contribution is 5.67. The van der Waals surface area contributed by atoms with Gasteiger partial charge in [0.15, 0.2) is 0 Å². The molecule has 2 aromatic carbocycles. The van der Waals surface area contributed by atoms with Gasteiger partial charge < -0.3 is 20.4 Å². The van der Waals surface area contributed by atoms with Crippen molar-refractivity contribution in [2.24, 2.45) is 0 Å². The summed E-state index contributed by atoms with van der Waals surface area (Å²) in [5.41, 5.74) is 17.5. The highest BCUT2D eigenvalue weighted by Gasteiger charge is 2.33. The number of aliphatic hydroxyl groups excluding tert-OH is 2. The van der Waals surface area contributed by atoms with E-state index in [-0.39, 0.29) is 55.3 Å². The minimum absolute atomic E-state index is 0.0276. The monoisotopic (exact) mass is 530 g/mol. The number of anilines is 2. The lowest BCUT2D eigenvalue weighted by Crippen LogP contribution is -2.40. The molecule has 6 rings (SSSR count). The van der Waals surface area contributed by atoms with Crippen molar-refractivity contribution in [2.45, 2.75) is 43.4 Å². The van der Waals surface area contributed by atoms with Gasteiger partial charge in [-0.15, -0.1) is 0 Å². The van der Waals surface area contributed by atoms with Crippen molar-refractivity contribution in [3.05, 3.63) is 95.1 Å². The van der Waals surface area contributed by atoms with Crippen LogP contribution >= 0.6 is 0 Å². The van der Waals surface area contributed by atoms with Gasteiger partial charge in [0.2, 0.25) is 0 Å². The van der Waals surface area contributed by atoms with E-state index in [1.165, 1.54) is 0 Å². The summed E-state index contributed by atoms with van der Waals surface area (Å²) in [5, 5.41) is 45.6. The first kappa shape index (κ1) is 25.6. The van der Waals surface area contributed by atoms with Crippen LogP contribution in [0, 0.1) is 0 Å². The van der Waals surface area contributed by atoms with Crippen LogP contribution in [0.2, 0.25) is 0 Å². The van der Waals surface area contributed by atoms with Crippen LogP contribution in [0.1, 0.15) is 22.3 Å². The molecule has 0 saturated carbocycles. The molecule has 0 radical (unpaired) electrons. The third kappa shape index (κ3) is 5.06. The number of phenols is 2. The summed E-state index contributed by atoms with van der Waals surface area (Å²) in [6.07, 6.45) is 17.3. The molecule has 2 aliphatic heterocycles. The van der Waals surface area contributed by atoms with Gasteiger partial charge in [0.25, 0.3) is 0 Å². The van der Waals surface area contributed by atoms with Gasteiger partial charge in [-0.2, -0.15) is 0 Å². The van der Waals surface area contributed by atoms with E-state index >= 15 is 0 Å². The molecule has 39 heavy (non-hydrogen) atoms. The number of rotatable bonds is 8. The summed E-state index contributed by atoms with van der Waals surface area (Å²) in [6, 6.07) is 7.65. The summed E-state index contributed by atoms with van der Waals surface area (Å²) >= 11 is 0. The normalized spacial score (nSPS) is 25.0. The predicted octanol–water partition coefficient (Wildman–Crippen LogP) is 1.14. The summed E-state index contributed by atoms with van der Waals surface area (Å²) < 4.78 is 0. The standard InChI is InChI=1S/C29H34N6O4/c36-11-9-18-13-20(28(38)26(15-18)34-30-22-5-1-2-6-23(22)31-34)17-21-14-19(10-12-37)16-27(29(21)39)35-32-24-7-3-4-8-25(24)33-35/h1-8,13-16,22-25,30-33,36-39H,9-12,17H2/t22-,23?,24-,25?/m0/s1. The van der Waals surface area contributed by atoms with Crippen molar-refractivity contribution in [2.75, 3.05) is 23.4 Å². The van der Waals surface area contributed by atoms with E-state index in [0.29, 0.717) is 35.3 Å². The van der Waals surface area contributed by atoms with E-state index in [1.54, 1.807) is 10.2 Å². The molecule has 4 atom stereocenters. The molecule has 2 heterocycles. The fraction of sp³-hybridized carbons (Fsp3) is 0.310. The Kier molecular flexibility index (Phi) is 7.13. The van der Waals surface area contributed by atoms with Gasteiger partial charge in [0, 0.05) is 30.8 Å². The van der Waals surface area contributed by atoms with E-state index in [1.807, 2.05) is 48.6 Å². The second-order valence-electron chi connectivity index (χ2n) is 10.2. The van der Waals surface area contributed by atoms with Gasteiger partial charge in [0.05, 0.1) is 24.2 Å². The largest absolute Gasteiger partial charge is 0.505 e. The van der Waals surface area contributed by atoms with Crippen LogP contribution in [-0.4, -0.2) is 57.8 Å². The summed E-state index contributed by atoms with van der Waals surface area (Å²) in [7, 11) is 0. The number of hydrogen-bond donors (Lipinski definition) is 8. The van der Waals surface area contributed by atoms with Crippen molar-refractivity contribution in [3.63, 3.8) is 0 Å². The van der Waals surface area contributed by atoms with Crippen molar-refractivity contribution in [3.8, 4) is 11.5 Å². The second kappa shape index (κ2) is 10.9. The van der Waals surface area contributed by atoms with E-state index in [2.05, 4.69) is 46.0 Å². The van der Waals surface area contributed by atoms with Crippen molar-refractivity contribution < 1.29 is 20.4 Å². The molecule has 0 bridgehead atoms. The number of aliphatic hydroxyl groups is 2. The Balaban J connectivity index is 1.34. The van der Waals surface area contributed by atoms with Crippen LogP contribution in [0.15, 0.2) is 72.9 Å². The van der Waals surface area contributed by atoms with Gasteiger partial charge in [-0.25, -0.2) is 31.9 Å². The highest BCUT2D eigenvalue weighted by Crippen LogP contribution is 2.39. The zero-order valence-corrected chi connectivity index (χ0v) is 21.5. The number of fused-ring (bicyclic) bond motifs is 2. The van der Waals surface area contributed by atoms with Gasteiger partial charge in [0.1, 0.15) is 22.9 Å². The maximum Gasteiger partial charge on any atom is 0.145 e. The lowest BCUT2D eigenvalue weighted by atomic mass is 9.96. The molecule has 2 unspecified atom stereocenters. The molecule has 2 fully saturated rings. The third-order valence-corrected chi connectivity index (χ3v) is 7.50. The fourth-order valence-electron chi connectivity index (χ4n) is 5.50. The smallest absolute Gasteiger partial charge is 0.145 e. The number of allylic oxidation sites excluding steroid dienone is 4. The average molecular weight is 531 g/mol. The molecular weight excluding hydrogens is 496 g/mol. The highest BCUT2D eigenvalue weighted by atomic mass is 16.3. The first-order chi connectivity index (χ1) is 19.0. The van der Waals surface area contributed by atoms with Gasteiger partial charge in [-0.3, -0.25) is 0 Å². The number of aromatic hydroxyl groups is 2. The summed E-state index contributed by atoms with van der Waals surface area (Å²) in [5.74, 6) is 0.158. The Bertz CT molecular complexity index is 1210. The Morgan fingerprint density at radius 2 is 0.923 bits per heavy atom. The summed E-state index contributed by atoms with van der Waals surface area (Å²) in [4.78, 5) is 0. The number of nitrogens with one attached hydrogen (secondary N) is 4. The second-order valence-corrected chi connectivity index (χ2v) is 10.2. The van der Waals surface area contributed by atoms with Crippen LogP contribution < -0.4 is 31.9 Å². The molecule has 2 aliphatic carbocycles. The van der Waals surface area contributed by atoms with E-state index < -0.39 is 0 Å². The molecule has 0 amide bonds. The SMILES string of the molecule is OCCc1cc(Cc2cc(CCO)cc(N3NC4C=CC=C[C@@H]4N3)c2O)c(O)c(N2NC3C=CC=C[C@@H]3N2)c1. The molecule has 10 heteroatoms. The minimum Gasteiger partial charge on any atom is -0.505 e. The number of benzene rings is 2. The van der Waals surface area contributed by atoms with Gasteiger partial charge in [-0.1, -0.05) is 60.7 Å². The Morgan fingerprint density at radius 1 is 0.564 bits per heavy atom. The first-order valence-electron chi connectivity index (χ1n) is 13.3. The predicted molar refractivity (Wildman–Crippen MR) is 150 cm³/mol. The van der Waals surface area contributed by atoms with Crippen molar-refractivity contribution in [1.82, 2.24) is 21.7 Å². The van der Waals surface area contributed by atoms with Gasteiger partial charge in [-0.05, 0) is 36.1 Å². The maximum absolute atomic E-state index is 11.4. The van der Waals surface area contributed by atoms with Gasteiger partial charge >= 0.3 is 0 Å². The zero-order valence-electron chi connectivity index (χ0n) is 21.5. The van der Waals surface area contributed by atoms with Crippen LogP contribution in [-0.2, 0) is 19.3 Å².